The van der Waals surface area contributed by atoms with E-state index in [9.17, 15) is 4.79 Å². The number of esters is 1. The van der Waals surface area contributed by atoms with Crippen molar-refractivity contribution in [1.82, 2.24) is 4.90 Å². The van der Waals surface area contributed by atoms with Crippen LogP contribution in [0.2, 0.25) is 0 Å². The highest BCUT2D eigenvalue weighted by Gasteiger charge is 2.06. The molecule has 0 bridgehead atoms. The fraction of sp³-hybridized carbons (Fsp3) is 0.868. The third kappa shape index (κ3) is 33.4. The van der Waals surface area contributed by atoms with E-state index < -0.39 is 0 Å². The maximum atomic E-state index is 11.9. The Morgan fingerprint density at radius 2 is 1.00 bits per heavy atom. The smallest absolute Gasteiger partial charge is 0.305 e. The number of ether oxygens (including phenoxy) is 2. The van der Waals surface area contributed by atoms with Crippen LogP contribution in [0.15, 0.2) is 24.3 Å². The van der Waals surface area contributed by atoms with Crippen LogP contribution in [0, 0.1) is 0 Å². The molecule has 0 aromatic carbocycles. The first kappa shape index (κ1) is 40.9. The molecular formula is C38H73NO3. The highest BCUT2D eigenvalue weighted by atomic mass is 16.5. The monoisotopic (exact) mass is 592 g/mol. The zero-order valence-electron chi connectivity index (χ0n) is 28.7. The summed E-state index contributed by atoms with van der Waals surface area (Å²) in [4.78, 5) is 14.5. The summed E-state index contributed by atoms with van der Waals surface area (Å²) in [7, 11) is 1.80. The highest BCUT2D eigenvalue weighted by Crippen LogP contribution is 2.11. The number of carbonyl (C=O) groups excluding carboxylic acids is 1. The molecule has 4 heteroatoms. The fourth-order valence-electron chi connectivity index (χ4n) is 5.33. The minimum absolute atomic E-state index is 0.0000219. The summed E-state index contributed by atoms with van der Waals surface area (Å²) in [6.45, 7) is 9.35. The van der Waals surface area contributed by atoms with Gasteiger partial charge in [-0.25, -0.2) is 0 Å². The molecule has 0 aliphatic carbocycles. The van der Waals surface area contributed by atoms with Crippen LogP contribution in [0.25, 0.3) is 0 Å². The Kier molecular flexibility index (Phi) is 35.1. The van der Waals surface area contributed by atoms with E-state index in [1.54, 1.807) is 7.11 Å². The molecular weight excluding hydrogens is 518 g/mol. The fourth-order valence-corrected chi connectivity index (χ4v) is 5.33. The molecule has 0 aliphatic rings. The van der Waals surface area contributed by atoms with Crippen molar-refractivity contribution in [2.24, 2.45) is 0 Å². The zero-order valence-corrected chi connectivity index (χ0v) is 28.7. The average molecular weight is 592 g/mol. The van der Waals surface area contributed by atoms with Crippen LogP contribution in [0.4, 0.5) is 0 Å². The molecule has 0 heterocycles. The van der Waals surface area contributed by atoms with Crippen molar-refractivity contribution in [3.8, 4) is 0 Å². The van der Waals surface area contributed by atoms with Crippen molar-refractivity contribution in [3.05, 3.63) is 24.3 Å². The minimum atomic E-state index is 0.0000219. The van der Waals surface area contributed by atoms with Gasteiger partial charge in [0.05, 0.1) is 13.2 Å². The quantitative estimate of drug-likeness (QED) is 0.0424. The highest BCUT2D eigenvalue weighted by molar-refractivity contribution is 5.69. The lowest BCUT2D eigenvalue weighted by molar-refractivity contribution is -0.143. The second-order valence-corrected chi connectivity index (χ2v) is 12.3. The molecule has 0 aliphatic heterocycles. The van der Waals surface area contributed by atoms with Gasteiger partial charge < -0.3 is 14.4 Å². The summed E-state index contributed by atoms with van der Waals surface area (Å²) in [6, 6.07) is 0. The van der Waals surface area contributed by atoms with Gasteiger partial charge in [-0.3, -0.25) is 4.79 Å². The SMILES string of the molecule is CCCCC/C=C\C/C=C\CCCCCCCCN(CCCCCCCC(=O)OCCCCCCCCC)CCOC. The van der Waals surface area contributed by atoms with Crippen LogP contribution in [-0.4, -0.2) is 50.8 Å². The van der Waals surface area contributed by atoms with Crippen molar-refractivity contribution < 1.29 is 14.3 Å². The van der Waals surface area contributed by atoms with Gasteiger partial charge in [-0.1, -0.05) is 134 Å². The number of nitrogens with zero attached hydrogens (tertiary/aromatic N) is 1. The first-order chi connectivity index (χ1) is 20.7. The van der Waals surface area contributed by atoms with E-state index in [1.807, 2.05) is 0 Å². The molecule has 0 amide bonds. The Morgan fingerprint density at radius 3 is 1.60 bits per heavy atom. The van der Waals surface area contributed by atoms with Gasteiger partial charge in [0.25, 0.3) is 0 Å². The van der Waals surface area contributed by atoms with Gasteiger partial charge in [0.2, 0.25) is 0 Å². The van der Waals surface area contributed by atoms with Crippen LogP contribution in [0.5, 0.6) is 0 Å². The molecule has 0 N–H and O–H groups in total. The lowest BCUT2D eigenvalue weighted by atomic mass is 10.1. The van der Waals surface area contributed by atoms with Gasteiger partial charge in [0.1, 0.15) is 0 Å². The third-order valence-corrected chi connectivity index (χ3v) is 8.15. The topological polar surface area (TPSA) is 38.8 Å². The van der Waals surface area contributed by atoms with Crippen LogP contribution in [0.1, 0.15) is 174 Å². The summed E-state index contributed by atoms with van der Waals surface area (Å²) in [5.74, 6) is 0.0000219. The first-order valence-electron chi connectivity index (χ1n) is 18.4. The largest absolute Gasteiger partial charge is 0.466 e. The number of rotatable bonds is 34. The van der Waals surface area contributed by atoms with E-state index >= 15 is 0 Å². The van der Waals surface area contributed by atoms with Gasteiger partial charge in [-0.05, 0) is 70.9 Å². The maximum Gasteiger partial charge on any atom is 0.305 e. The average Bonchev–Trinajstić information content (AvgIpc) is 3.00. The molecule has 0 spiro atoms. The molecule has 0 saturated carbocycles. The molecule has 0 rings (SSSR count). The van der Waals surface area contributed by atoms with E-state index in [-0.39, 0.29) is 5.97 Å². The predicted octanol–water partition coefficient (Wildman–Crippen LogP) is 11.4. The standard InChI is InChI=1S/C38H73NO3/c1-4-6-8-10-12-13-14-15-16-17-18-19-20-21-25-29-33-39(35-37-41-3)34-30-26-23-24-28-32-38(40)42-36-31-27-22-11-9-7-5-2/h12-13,15-16H,4-11,14,17-37H2,1-3H3/b13-12-,16-15-. The van der Waals surface area contributed by atoms with E-state index in [1.165, 1.54) is 142 Å². The molecule has 0 radical (unpaired) electrons. The Balaban J connectivity index is 3.62. The van der Waals surface area contributed by atoms with Gasteiger partial charge in [0, 0.05) is 20.1 Å². The second kappa shape index (κ2) is 36.1. The number of allylic oxidation sites excluding steroid dienone is 4. The molecule has 0 aromatic heterocycles. The normalized spacial score (nSPS) is 11.9. The Labute approximate surface area is 263 Å². The number of hydrogen-bond donors (Lipinski definition) is 0. The number of methoxy groups -OCH3 is 1. The van der Waals surface area contributed by atoms with Gasteiger partial charge in [-0.2, -0.15) is 0 Å². The third-order valence-electron chi connectivity index (χ3n) is 8.15. The van der Waals surface area contributed by atoms with Crippen LogP contribution in [0.3, 0.4) is 0 Å². The lowest BCUT2D eigenvalue weighted by Crippen LogP contribution is -2.29. The number of carbonyl (C=O) groups is 1. The summed E-state index contributed by atoms with van der Waals surface area (Å²) in [5, 5.41) is 0. The number of hydrogen-bond acceptors (Lipinski definition) is 4. The molecule has 42 heavy (non-hydrogen) atoms. The molecule has 0 unspecified atom stereocenters. The molecule has 248 valence electrons. The van der Waals surface area contributed by atoms with Crippen LogP contribution >= 0.6 is 0 Å². The van der Waals surface area contributed by atoms with E-state index in [0.29, 0.717) is 13.0 Å². The summed E-state index contributed by atoms with van der Waals surface area (Å²) in [6.07, 6.45) is 40.2. The Hall–Kier alpha value is -1.13. The summed E-state index contributed by atoms with van der Waals surface area (Å²) >= 11 is 0. The minimum Gasteiger partial charge on any atom is -0.466 e. The Bertz CT molecular complexity index is 589. The van der Waals surface area contributed by atoms with Gasteiger partial charge in [-0.15, -0.1) is 0 Å². The van der Waals surface area contributed by atoms with E-state index in [2.05, 4.69) is 43.1 Å². The molecule has 0 atom stereocenters. The van der Waals surface area contributed by atoms with Crippen molar-refractivity contribution >= 4 is 5.97 Å². The van der Waals surface area contributed by atoms with Crippen molar-refractivity contribution in [3.63, 3.8) is 0 Å². The van der Waals surface area contributed by atoms with Crippen molar-refractivity contribution in [2.45, 2.75) is 174 Å². The maximum absolute atomic E-state index is 11.9. The van der Waals surface area contributed by atoms with Gasteiger partial charge >= 0.3 is 5.97 Å². The second-order valence-electron chi connectivity index (χ2n) is 12.3. The molecule has 0 fully saturated rings. The van der Waals surface area contributed by atoms with E-state index in [0.717, 1.165) is 38.8 Å². The van der Waals surface area contributed by atoms with E-state index in [4.69, 9.17) is 9.47 Å². The number of unbranched alkanes of at least 4 members (excludes halogenated alkanes) is 19. The molecule has 4 nitrogen and oxygen atoms in total. The van der Waals surface area contributed by atoms with Gasteiger partial charge in [0.15, 0.2) is 0 Å². The summed E-state index contributed by atoms with van der Waals surface area (Å²) < 4.78 is 10.8. The van der Waals surface area contributed by atoms with Crippen LogP contribution < -0.4 is 0 Å². The summed E-state index contributed by atoms with van der Waals surface area (Å²) in [5.41, 5.74) is 0. The predicted molar refractivity (Wildman–Crippen MR) is 184 cm³/mol. The van der Waals surface area contributed by atoms with Crippen molar-refractivity contribution in [1.29, 1.82) is 0 Å². The Morgan fingerprint density at radius 1 is 0.524 bits per heavy atom. The first-order valence-corrected chi connectivity index (χ1v) is 18.4. The van der Waals surface area contributed by atoms with Crippen LogP contribution in [-0.2, 0) is 14.3 Å². The molecule has 0 aromatic rings. The zero-order chi connectivity index (χ0) is 30.6. The van der Waals surface area contributed by atoms with Crippen molar-refractivity contribution in [2.75, 3.05) is 40.0 Å². The lowest BCUT2D eigenvalue weighted by Gasteiger charge is -2.22. The molecule has 0 saturated heterocycles.